The molecule has 1 unspecified atom stereocenters. The standard InChI is InChI=1S/C12H17BI/c1-8(2)11-7-10(9(3)14)5-6-12(11)13-4/h5-9H,1-4H3. The van der Waals surface area contributed by atoms with Crippen LogP contribution in [0, 0.1) is 0 Å². The van der Waals surface area contributed by atoms with Gasteiger partial charge in [0, 0.05) is 3.92 Å². The SMILES string of the molecule is C[B]c1ccc(C(C)I)cc1C(C)C. The molecule has 1 aromatic rings. The summed E-state index contributed by atoms with van der Waals surface area (Å²) >= 11 is 2.46. The van der Waals surface area contributed by atoms with Crippen LogP contribution < -0.4 is 5.46 Å². The molecule has 0 aromatic heterocycles. The quantitative estimate of drug-likeness (QED) is 0.454. The highest BCUT2D eigenvalue weighted by Crippen LogP contribution is 2.24. The Morgan fingerprint density at radius 2 is 1.86 bits per heavy atom. The predicted molar refractivity (Wildman–Crippen MR) is 74.2 cm³/mol. The van der Waals surface area contributed by atoms with Crippen molar-refractivity contribution in [2.45, 2.75) is 37.4 Å². The topological polar surface area (TPSA) is 0 Å². The summed E-state index contributed by atoms with van der Waals surface area (Å²) < 4.78 is 0.594. The fraction of sp³-hybridized carbons (Fsp3) is 0.500. The van der Waals surface area contributed by atoms with E-state index < -0.39 is 0 Å². The lowest BCUT2D eigenvalue weighted by Gasteiger charge is -2.14. The molecule has 75 valence electrons. The van der Waals surface area contributed by atoms with Crippen molar-refractivity contribution in [1.29, 1.82) is 0 Å². The molecule has 0 N–H and O–H groups in total. The third-order valence-corrected chi connectivity index (χ3v) is 3.22. The van der Waals surface area contributed by atoms with Crippen molar-refractivity contribution in [2.75, 3.05) is 0 Å². The third kappa shape index (κ3) is 2.75. The monoisotopic (exact) mass is 299 g/mol. The molecule has 0 bridgehead atoms. The maximum Gasteiger partial charge on any atom is 0.148 e. The van der Waals surface area contributed by atoms with Crippen LogP contribution in [0.1, 0.15) is 41.7 Å². The molecule has 1 rings (SSSR count). The van der Waals surface area contributed by atoms with E-state index >= 15 is 0 Å². The fourth-order valence-electron chi connectivity index (χ4n) is 1.60. The Morgan fingerprint density at radius 3 is 2.29 bits per heavy atom. The summed E-state index contributed by atoms with van der Waals surface area (Å²) in [5, 5.41) is 0. The van der Waals surface area contributed by atoms with E-state index in [4.69, 9.17) is 0 Å². The lowest BCUT2D eigenvalue weighted by molar-refractivity contribution is 0.869. The van der Waals surface area contributed by atoms with Crippen LogP contribution in [-0.2, 0) is 0 Å². The van der Waals surface area contributed by atoms with Gasteiger partial charge in [0.15, 0.2) is 0 Å². The largest absolute Gasteiger partial charge is 0.148 e. The van der Waals surface area contributed by atoms with Gasteiger partial charge in [0.1, 0.15) is 7.28 Å². The number of benzene rings is 1. The van der Waals surface area contributed by atoms with Crippen molar-refractivity contribution in [1.82, 2.24) is 0 Å². The first-order valence-corrected chi connectivity index (χ1v) is 6.38. The molecule has 1 aromatic carbocycles. The minimum absolute atomic E-state index is 0.594. The zero-order valence-electron chi connectivity index (χ0n) is 9.34. The van der Waals surface area contributed by atoms with E-state index in [9.17, 15) is 0 Å². The Morgan fingerprint density at radius 1 is 1.21 bits per heavy atom. The zero-order valence-corrected chi connectivity index (χ0v) is 11.5. The van der Waals surface area contributed by atoms with Crippen LogP contribution in [0.15, 0.2) is 18.2 Å². The first-order chi connectivity index (χ1) is 6.56. The highest BCUT2D eigenvalue weighted by atomic mass is 127. The molecule has 0 nitrogen and oxygen atoms in total. The second kappa shape index (κ2) is 5.20. The number of halogens is 1. The summed E-state index contributed by atoms with van der Waals surface area (Å²) in [6.45, 7) is 8.84. The average molecular weight is 299 g/mol. The van der Waals surface area contributed by atoms with Crippen molar-refractivity contribution in [3.8, 4) is 0 Å². The smallest absolute Gasteiger partial charge is 0.0872 e. The van der Waals surface area contributed by atoms with Gasteiger partial charge in [0.25, 0.3) is 0 Å². The second-order valence-corrected chi connectivity index (χ2v) is 5.82. The minimum Gasteiger partial charge on any atom is -0.0872 e. The van der Waals surface area contributed by atoms with E-state index in [1.54, 1.807) is 0 Å². The molecule has 0 amide bonds. The van der Waals surface area contributed by atoms with Crippen molar-refractivity contribution in [3.63, 3.8) is 0 Å². The normalized spacial score (nSPS) is 13.0. The van der Waals surface area contributed by atoms with Crippen LogP contribution in [0.25, 0.3) is 0 Å². The second-order valence-electron chi connectivity index (χ2n) is 3.95. The summed E-state index contributed by atoms with van der Waals surface area (Å²) in [5.74, 6) is 0.608. The van der Waals surface area contributed by atoms with E-state index in [-0.39, 0.29) is 0 Å². The Balaban J connectivity index is 3.14. The molecule has 0 saturated carbocycles. The summed E-state index contributed by atoms with van der Waals surface area (Å²) in [5.41, 5.74) is 4.27. The highest BCUT2D eigenvalue weighted by Gasteiger charge is 2.08. The molecule has 0 heterocycles. The Kier molecular flexibility index (Phi) is 4.49. The van der Waals surface area contributed by atoms with E-state index in [0.717, 1.165) is 0 Å². The van der Waals surface area contributed by atoms with E-state index in [2.05, 4.69) is 75.7 Å². The molecule has 0 aliphatic heterocycles. The lowest BCUT2D eigenvalue weighted by atomic mass is 9.69. The molecule has 14 heavy (non-hydrogen) atoms. The molecule has 1 atom stereocenters. The van der Waals surface area contributed by atoms with Crippen molar-refractivity contribution in [2.24, 2.45) is 0 Å². The van der Waals surface area contributed by atoms with Crippen molar-refractivity contribution in [3.05, 3.63) is 29.3 Å². The number of rotatable bonds is 3. The number of hydrogen-bond donors (Lipinski definition) is 0. The zero-order chi connectivity index (χ0) is 10.7. The van der Waals surface area contributed by atoms with Gasteiger partial charge < -0.3 is 0 Å². The van der Waals surface area contributed by atoms with Crippen LogP contribution in [0.5, 0.6) is 0 Å². The van der Waals surface area contributed by atoms with Crippen LogP contribution >= 0.6 is 22.6 Å². The van der Waals surface area contributed by atoms with Gasteiger partial charge in [-0.05, 0) is 18.4 Å². The fourth-order valence-corrected chi connectivity index (χ4v) is 1.99. The summed E-state index contributed by atoms with van der Waals surface area (Å²) in [7, 11) is 2.19. The van der Waals surface area contributed by atoms with Crippen LogP contribution in [0.2, 0.25) is 6.82 Å². The molecular formula is C12H17BI. The maximum atomic E-state index is 2.46. The van der Waals surface area contributed by atoms with Crippen molar-refractivity contribution >= 4 is 35.3 Å². The van der Waals surface area contributed by atoms with Gasteiger partial charge in [-0.3, -0.25) is 0 Å². The molecule has 2 heteroatoms. The predicted octanol–water partition coefficient (Wildman–Crippen LogP) is 3.68. The third-order valence-electron chi connectivity index (χ3n) is 2.50. The Hall–Kier alpha value is 0.0149. The van der Waals surface area contributed by atoms with Crippen LogP contribution in [-0.4, -0.2) is 7.28 Å². The van der Waals surface area contributed by atoms with Gasteiger partial charge in [-0.1, -0.05) is 72.5 Å². The number of alkyl halides is 1. The van der Waals surface area contributed by atoms with E-state index in [0.29, 0.717) is 9.84 Å². The molecule has 1 radical (unpaired) electrons. The molecule has 0 saturated heterocycles. The Bertz CT molecular complexity index is 305. The van der Waals surface area contributed by atoms with Crippen LogP contribution in [0.3, 0.4) is 0 Å². The average Bonchev–Trinajstić information content (AvgIpc) is 2.16. The first kappa shape index (κ1) is 12.1. The summed E-state index contributed by atoms with van der Waals surface area (Å²) in [4.78, 5) is 0. The van der Waals surface area contributed by atoms with E-state index in [1.165, 1.54) is 16.6 Å². The van der Waals surface area contributed by atoms with Crippen LogP contribution in [0.4, 0.5) is 0 Å². The summed E-state index contributed by atoms with van der Waals surface area (Å²) in [6.07, 6.45) is 0. The van der Waals surface area contributed by atoms with Gasteiger partial charge in [-0.25, -0.2) is 0 Å². The Labute approximate surface area is 102 Å². The van der Waals surface area contributed by atoms with Gasteiger partial charge in [-0.15, -0.1) is 0 Å². The number of hydrogen-bond acceptors (Lipinski definition) is 0. The molecular weight excluding hydrogens is 282 g/mol. The molecule has 0 spiro atoms. The van der Waals surface area contributed by atoms with E-state index in [1.807, 2.05) is 0 Å². The van der Waals surface area contributed by atoms with Gasteiger partial charge in [0.05, 0.1) is 0 Å². The first-order valence-electron chi connectivity index (χ1n) is 5.13. The van der Waals surface area contributed by atoms with Gasteiger partial charge in [-0.2, -0.15) is 0 Å². The molecule has 0 fully saturated rings. The minimum atomic E-state index is 0.594. The van der Waals surface area contributed by atoms with Gasteiger partial charge in [0.2, 0.25) is 0 Å². The lowest BCUT2D eigenvalue weighted by Crippen LogP contribution is -2.18. The highest BCUT2D eigenvalue weighted by molar-refractivity contribution is 14.1. The molecule has 0 aliphatic rings. The van der Waals surface area contributed by atoms with Crippen molar-refractivity contribution < 1.29 is 0 Å². The molecule has 0 aliphatic carbocycles. The maximum absolute atomic E-state index is 2.46. The van der Waals surface area contributed by atoms with Gasteiger partial charge >= 0.3 is 0 Å². The summed E-state index contributed by atoms with van der Waals surface area (Å²) in [6, 6.07) is 6.81.